The zero-order valence-corrected chi connectivity index (χ0v) is 17.8. The van der Waals surface area contributed by atoms with Crippen LogP contribution >= 0.6 is 11.6 Å². The van der Waals surface area contributed by atoms with Crippen LogP contribution in [0.25, 0.3) is 0 Å². The van der Waals surface area contributed by atoms with Crippen LogP contribution in [0, 0.1) is 5.82 Å². The second-order valence-corrected chi connectivity index (χ2v) is 8.79. The summed E-state index contributed by atoms with van der Waals surface area (Å²) >= 11 is 6.30. The van der Waals surface area contributed by atoms with E-state index >= 15 is 0 Å². The second-order valence-electron chi connectivity index (χ2n) is 8.38. The van der Waals surface area contributed by atoms with E-state index in [-0.39, 0.29) is 23.0 Å². The van der Waals surface area contributed by atoms with Crippen LogP contribution in [0.1, 0.15) is 61.8 Å². The number of aromatic nitrogens is 2. The maximum absolute atomic E-state index is 14.6. The Morgan fingerprint density at radius 1 is 1.17 bits per heavy atom. The van der Waals surface area contributed by atoms with Crippen LogP contribution in [-0.4, -0.2) is 22.2 Å². The van der Waals surface area contributed by atoms with Crippen molar-refractivity contribution in [2.45, 2.75) is 69.7 Å². The van der Waals surface area contributed by atoms with Gasteiger partial charge in [0.05, 0.1) is 17.7 Å². The molecule has 0 atom stereocenters. The monoisotopic (exact) mass is 431 g/mol. The lowest BCUT2D eigenvalue weighted by Gasteiger charge is -2.29. The summed E-state index contributed by atoms with van der Waals surface area (Å²) in [6.07, 6.45) is 7.95. The molecule has 4 rings (SSSR count). The highest BCUT2D eigenvalue weighted by Crippen LogP contribution is 2.45. The van der Waals surface area contributed by atoms with Gasteiger partial charge in [0.1, 0.15) is 5.82 Å². The quantitative estimate of drug-likeness (QED) is 0.729. The molecule has 30 heavy (non-hydrogen) atoms. The zero-order chi connectivity index (χ0) is 21.1. The van der Waals surface area contributed by atoms with Gasteiger partial charge in [-0.15, -0.1) is 0 Å². The van der Waals surface area contributed by atoms with Crippen molar-refractivity contribution in [3.63, 3.8) is 0 Å². The van der Waals surface area contributed by atoms with Crippen molar-refractivity contribution in [2.24, 2.45) is 0 Å². The minimum absolute atomic E-state index is 0.141. The van der Waals surface area contributed by atoms with Crippen LogP contribution in [0.15, 0.2) is 29.1 Å². The van der Waals surface area contributed by atoms with E-state index < -0.39 is 11.2 Å². The molecule has 0 aliphatic heterocycles. The number of nitrogens with one attached hydrogen (secondary N) is 1. The Kier molecular flexibility index (Phi) is 6.23. The minimum atomic E-state index is -0.950. The molecule has 7 heteroatoms. The summed E-state index contributed by atoms with van der Waals surface area (Å²) in [5.41, 5.74) is 1.24. The normalized spacial score (nSPS) is 17.9. The summed E-state index contributed by atoms with van der Waals surface area (Å²) < 4.78 is 16.1. The van der Waals surface area contributed by atoms with E-state index in [0.29, 0.717) is 24.9 Å². The Morgan fingerprint density at radius 2 is 1.93 bits per heavy atom. The molecule has 1 fully saturated rings. The van der Waals surface area contributed by atoms with Crippen molar-refractivity contribution >= 4 is 17.5 Å². The van der Waals surface area contributed by atoms with Crippen LogP contribution < -0.4 is 10.9 Å². The predicted molar refractivity (Wildman–Crippen MR) is 114 cm³/mol. The summed E-state index contributed by atoms with van der Waals surface area (Å²) in [5.74, 6) is -0.669. The van der Waals surface area contributed by atoms with Gasteiger partial charge in [-0.25, -0.2) is 9.07 Å². The molecule has 0 saturated heterocycles. The second kappa shape index (κ2) is 8.88. The van der Waals surface area contributed by atoms with Crippen molar-refractivity contribution in [1.29, 1.82) is 0 Å². The minimum Gasteiger partial charge on any atom is -0.353 e. The van der Waals surface area contributed by atoms with Gasteiger partial charge in [-0.2, -0.15) is 5.10 Å². The Morgan fingerprint density at radius 3 is 2.70 bits per heavy atom. The van der Waals surface area contributed by atoms with Gasteiger partial charge in [-0.1, -0.05) is 36.9 Å². The van der Waals surface area contributed by atoms with Crippen molar-refractivity contribution in [2.75, 3.05) is 6.54 Å². The summed E-state index contributed by atoms with van der Waals surface area (Å²) in [6, 6.07) is 6.23. The molecule has 2 aliphatic rings. The molecule has 1 heterocycles. The van der Waals surface area contributed by atoms with E-state index in [1.165, 1.54) is 10.7 Å². The number of halogens is 2. The Balaban J connectivity index is 1.49. The van der Waals surface area contributed by atoms with Gasteiger partial charge in [0.25, 0.3) is 5.56 Å². The fourth-order valence-corrected chi connectivity index (χ4v) is 5.25. The number of benzene rings is 1. The van der Waals surface area contributed by atoms with Gasteiger partial charge in [0.2, 0.25) is 5.91 Å². The number of carbonyl (C=O) groups excluding carboxylic acids is 1. The molecule has 0 unspecified atom stereocenters. The lowest BCUT2D eigenvalue weighted by atomic mass is 9.77. The van der Waals surface area contributed by atoms with Crippen molar-refractivity contribution in [1.82, 2.24) is 15.1 Å². The van der Waals surface area contributed by atoms with Gasteiger partial charge >= 0.3 is 0 Å². The van der Waals surface area contributed by atoms with E-state index in [0.717, 1.165) is 56.2 Å². The number of amides is 1. The molecule has 0 bridgehead atoms. The smallest absolute Gasteiger partial charge is 0.267 e. The van der Waals surface area contributed by atoms with E-state index in [4.69, 9.17) is 11.6 Å². The molecule has 1 aromatic heterocycles. The van der Waals surface area contributed by atoms with Gasteiger partial charge in [-0.3, -0.25) is 9.59 Å². The first-order valence-corrected chi connectivity index (χ1v) is 11.2. The predicted octanol–water partition coefficient (Wildman–Crippen LogP) is 3.93. The molecule has 0 radical (unpaired) electrons. The molecule has 1 saturated carbocycles. The van der Waals surface area contributed by atoms with E-state index in [2.05, 4.69) is 10.4 Å². The number of fused-ring (bicyclic) bond motifs is 1. The van der Waals surface area contributed by atoms with Crippen LogP contribution in [0.5, 0.6) is 0 Å². The first kappa shape index (κ1) is 21.0. The molecule has 2 aliphatic carbocycles. The molecule has 2 aromatic rings. The van der Waals surface area contributed by atoms with E-state index in [1.54, 1.807) is 18.2 Å². The molecule has 1 amide bonds. The summed E-state index contributed by atoms with van der Waals surface area (Å²) in [7, 11) is 0. The largest absolute Gasteiger partial charge is 0.353 e. The van der Waals surface area contributed by atoms with Crippen molar-refractivity contribution in [3.8, 4) is 0 Å². The molecule has 0 spiro atoms. The van der Waals surface area contributed by atoms with E-state index in [1.807, 2.05) is 0 Å². The third kappa shape index (κ3) is 4.02. The standard InChI is InChI=1S/C23H27ClFN3O2/c24-17-8-6-9-18(25)21(17)23(11-4-5-12-23)22(30)26-13-14-28-20(29)15-16-7-2-1-3-10-19(16)27-28/h6,8-9,15H,1-5,7,10-14H2,(H,26,30). The number of hydrogen-bond acceptors (Lipinski definition) is 3. The first-order valence-electron chi connectivity index (χ1n) is 10.8. The topological polar surface area (TPSA) is 64.0 Å². The third-order valence-corrected chi connectivity index (χ3v) is 6.78. The highest BCUT2D eigenvalue weighted by Gasteiger charge is 2.45. The molecular formula is C23H27ClFN3O2. The number of nitrogens with zero attached hydrogens (tertiary/aromatic N) is 2. The highest BCUT2D eigenvalue weighted by molar-refractivity contribution is 6.31. The van der Waals surface area contributed by atoms with Crippen LogP contribution in [0.3, 0.4) is 0 Å². The molecule has 5 nitrogen and oxygen atoms in total. The molecule has 1 aromatic carbocycles. The van der Waals surface area contributed by atoms with Crippen molar-refractivity contribution in [3.05, 3.63) is 62.3 Å². The Hall–Kier alpha value is -2.21. The first-order chi connectivity index (χ1) is 14.5. The maximum Gasteiger partial charge on any atom is 0.267 e. The average molecular weight is 432 g/mol. The Labute approximate surface area is 180 Å². The number of hydrogen-bond donors (Lipinski definition) is 1. The summed E-state index contributed by atoms with van der Waals surface area (Å²) in [5, 5.41) is 7.75. The van der Waals surface area contributed by atoms with E-state index in [9.17, 15) is 14.0 Å². The average Bonchev–Trinajstić information content (AvgIpc) is 3.10. The summed E-state index contributed by atoms with van der Waals surface area (Å²) in [4.78, 5) is 25.6. The van der Waals surface area contributed by atoms with Gasteiger partial charge < -0.3 is 5.32 Å². The number of aryl methyl sites for hydroxylation is 2. The lowest BCUT2D eigenvalue weighted by Crippen LogP contribution is -2.45. The fourth-order valence-electron chi connectivity index (χ4n) is 4.91. The zero-order valence-electron chi connectivity index (χ0n) is 17.1. The maximum atomic E-state index is 14.6. The molecule has 1 N–H and O–H groups in total. The van der Waals surface area contributed by atoms with Crippen LogP contribution in [-0.2, 0) is 29.6 Å². The molecule has 160 valence electrons. The molecular weight excluding hydrogens is 405 g/mol. The number of rotatable bonds is 5. The fraction of sp³-hybridized carbons (Fsp3) is 0.522. The SMILES string of the molecule is O=C(NCCn1nc2c(cc1=O)CCCCC2)C1(c2c(F)cccc2Cl)CCCC1. The Bertz CT molecular complexity index is 978. The van der Waals surface area contributed by atoms with Crippen LogP contribution in [0.2, 0.25) is 5.02 Å². The number of carbonyl (C=O) groups is 1. The third-order valence-electron chi connectivity index (χ3n) is 6.47. The van der Waals surface area contributed by atoms with Gasteiger partial charge in [0.15, 0.2) is 0 Å². The van der Waals surface area contributed by atoms with Crippen molar-refractivity contribution < 1.29 is 9.18 Å². The summed E-state index contributed by atoms with van der Waals surface area (Å²) in [6.45, 7) is 0.553. The lowest BCUT2D eigenvalue weighted by molar-refractivity contribution is -0.126. The highest BCUT2D eigenvalue weighted by atomic mass is 35.5. The van der Waals surface area contributed by atoms with Gasteiger partial charge in [0, 0.05) is 23.2 Å². The van der Waals surface area contributed by atoms with Gasteiger partial charge in [-0.05, 0) is 56.2 Å². The van der Waals surface area contributed by atoms with Crippen LogP contribution in [0.4, 0.5) is 4.39 Å².